The van der Waals surface area contributed by atoms with Gasteiger partial charge in [0.1, 0.15) is 6.61 Å². The van der Waals surface area contributed by atoms with Crippen molar-refractivity contribution in [3.8, 4) is 0 Å². The number of carbonyl (C=O) groups excluding carboxylic acids is 2. The van der Waals surface area contributed by atoms with Crippen LogP contribution in [0.3, 0.4) is 0 Å². The molecule has 0 saturated heterocycles. The fourth-order valence-electron chi connectivity index (χ4n) is 5.12. The summed E-state index contributed by atoms with van der Waals surface area (Å²) in [6.45, 7) is 0.394. The van der Waals surface area contributed by atoms with Gasteiger partial charge < -0.3 is 19.9 Å². The number of hydrogen-bond donors (Lipinski definition) is 2. The first-order valence-electron chi connectivity index (χ1n) is 11.7. The van der Waals surface area contributed by atoms with E-state index in [2.05, 4.69) is 5.32 Å². The van der Waals surface area contributed by atoms with Gasteiger partial charge >= 0.3 is 11.9 Å². The molecule has 176 valence electrons. The van der Waals surface area contributed by atoms with E-state index in [0.29, 0.717) is 32.1 Å². The summed E-state index contributed by atoms with van der Waals surface area (Å²) >= 11 is 0. The molecule has 0 bridgehead atoms. The quantitative estimate of drug-likeness (QED) is 0.533. The SMILES string of the molecule is COCC(CC1(C(=O)NC2CCC(C(=O)OCc3ccccc3)CC2)CCCC1)C(=O)O. The lowest BCUT2D eigenvalue weighted by atomic mass is 9.76. The summed E-state index contributed by atoms with van der Waals surface area (Å²) in [6.07, 6.45) is 6.45. The Morgan fingerprint density at radius 2 is 1.75 bits per heavy atom. The molecule has 7 heteroatoms. The highest BCUT2D eigenvalue weighted by Crippen LogP contribution is 2.44. The van der Waals surface area contributed by atoms with Crippen molar-refractivity contribution in [3.63, 3.8) is 0 Å². The maximum atomic E-state index is 13.2. The third-order valence-corrected chi connectivity index (χ3v) is 7.02. The van der Waals surface area contributed by atoms with Crippen molar-refractivity contribution in [1.29, 1.82) is 0 Å². The number of hydrogen-bond acceptors (Lipinski definition) is 5. The lowest BCUT2D eigenvalue weighted by Gasteiger charge is -2.34. The number of amides is 1. The third kappa shape index (κ3) is 6.31. The first kappa shape index (κ1) is 24.2. The maximum absolute atomic E-state index is 13.2. The van der Waals surface area contributed by atoms with Gasteiger partial charge in [-0.2, -0.15) is 0 Å². The number of carboxylic acid groups (broad SMARTS) is 1. The van der Waals surface area contributed by atoms with Crippen molar-refractivity contribution in [1.82, 2.24) is 5.32 Å². The molecule has 0 heterocycles. The minimum Gasteiger partial charge on any atom is -0.481 e. The van der Waals surface area contributed by atoms with Gasteiger partial charge in [-0.1, -0.05) is 43.2 Å². The van der Waals surface area contributed by atoms with Crippen molar-refractivity contribution < 1.29 is 29.0 Å². The van der Waals surface area contributed by atoms with Crippen molar-refractivity contribution in [2.45, 2.75) is 70.4 Å². The van der Waals surface area contributed by atoms with E-state index >= 15 is 0 Å². The Morgan fingerprint density at radius 3 is 2.34 bits per heavy atom. The summed E-state index contributed by atoms with van der Waals surface area (Å²) < 4.78 is 10.6. The Bertz CT molecular complexity index is 766. The monoisotopic (exact) mass is 445 g/mol. The fourth-order valence-corrected chi connectivity index (χ4v) is 5.12. The lowest BCUT2D eigenvalue weighted by molar-refractivity contribution is -0.151. The number of rotatable bonds is 10. The van der Waals surface area contributed by atoms with Gasteiger partial charge in [0.2, 0.25) is 5.91 Å². The maximum Gasteiger partial charge on any atom is 0.309 e. The molecule has 1 amide bonds. The number of methoxy groups -OCH3 is 1. The van der Waals surface area contributed by atoms with E-state index < -0.39 is 17.3 Å². The molecular formula is C25H35NO6. The van der Waals surface area contributed by atoms with E-state index in [1.807, 2.05) is 30.3 Å². The molecule has 0 aliphatic heterocycles. The average molecular weight is 446 g/mol. The van der Waals surface area contributed by atoms with E-state index in [1.54, 1.807) is 0 Å². The van der Waals surface area contributed by atoms with Gasteiger partial charge in [-0.25, -0.2) is 0 Å². The normalized spacial score (nSPS) is 23.3. The Balaban J connectivity index is 1.49. The van der Waals surface area contributed by atoms with E-state index in [9.17, 15) is 19.5 Å². The van der Waals surface area contributed by atoms with Crippen LogP contribution in [0, 0.1) is 17.3 Å². The second-order valence-electron chi connectivity index (χ2n) is 9.30. The van der Waals surface area contributed by atoms with Crippen LogP contribution in [0.4, 0.5) is 0 Å². The predicted octanol–water partition coefficient (Wildman–Crippen LogP) is 3.70. The van der Waals surface area contributed by atoms with Crippen LogP contribution in [0.1, 0.15) is 63.4 Å². The summed E-state index contributed by atoms with van der Waals surface area (Å²) in [5, 5.41) is 12.7. The van der Waals surface area contributed by atoms with Gasteiger partial charge in [0, 0.05) is 13.2 Å². The minimum atomic E-state index is -0.916. The van der Waals surface area contributed by atoms with Gasteiger partial charge in [0.05, 0.1) is 23.9 Å². The van der Waals surface area contributed by atoms with Gasteiger partial charge in [0.15, 0.2) is 0 Å². The van der Waals surface area contributed by atoms with Crippen molar-refractivity contribution >= 4 is 17.8 Å². The van der Waals surface area contributed by atoms with Crippen LogP contribution in [0.5, 0.6) is 0 Å². The third-order valence-electron chi connectivity index (χ3n) is 7.02. The average Bonchev–Trinajstić information content (AvgIpc) is 3.28. The van der Waals surface area contributed by atoms with Crippen LogP contribution in [-0.4, -0.2) is 42.7 Å². The highest BCUT2D eigenvalue weighted by molar-refractivity contribution is 5.84. The highest BCUT2D eigenvalue weighted by atomic mass is 16.5. The molecule has 0 radical (unpaired) electrons. The molecule has 2 saturated carbocycles. The van der Waals surface area contributed by atoms with Crippen LogP contribution in [0.25, 0.3) is 0 Å². The van der Waals surface area contributed by atoms with Gasteiger partial charge in [0.25, 0.3) is 0 Å². The number of carbonyl (C=O) groups is 3. The molecule has 1 aromatic rings. The fraction of sp³-hybridized carbons (Fsp3) is 0.640. The number of benzene rings is 1. The summed E-state index contributed by atoms with van der Waals surface area (Å²) in [4.78, 5) is 37.3. The van der Waals surface area contributed by atoms with Crippen molar-refractivity contribution in [2.75, 3.05) is 13.7 Å². The molecule has 7 nitrogen and oxygen atoms in total. The number of ether oxygens (including phenoxy) is 2. The zero-order valence-corrected chi connectivity index (χ0v) is 18.9. The van der Waals surface area contributed by atoms with Crippen molar-refractivity contribution in [3.05, 3.63) is 35.9 Å². The Labute approximate surface area is 189 Å². The van der Waals surface area contributed by atoms with Gasteiger partial charge in [-0.05, 0) is 50.5 Å². The highest BCUT2D eigenvalue weighted by Gasteiger charge is 2.45. The van der Waals surface area contributed by atoms with Crippen LogP contribution in [-0.2, 0) is 30.5 Å². The first-order chi connectivity index (χ1) is 15.4. The first-order valence-corrected chi connectivity index (χ1v) is 11.7. The topological polar surface area (TPSA) is 102 Å². The Morgan fingerprint density at radius 1 is 1.09 bits per heavy atom. The molecule has 0 spiro atoms. The van der Waals surface area contributed by atoms with Crippen LogP contribution in [0.15, 0.2) is 30.3 Å². The van der Waals surface area contributed by atoms with E-state index in [-0.39, 0.29) is 37.0 Å². The molecule has 0 aromatic heterocycles. The molecule has 2 N–H and O–H groups in total. The van der Waals surface area contributed by atoms with Crippen LogP contribution in [0.2, 0.25) is 0 Å². The van der Waals surface area contributed by atoms with Crippen LogP contribution < -0.4 is 5.32 Å². The van der Waals surface area contributed by atoms with E-state index in [0.717, 1.165) is 31.2 Å². The summed E-state index contributed by atoms with van der Waals surface area (Å²) in [6, 6.07) is 9.64. The summed E-state index contributed by atoms with van der Waals surface area (Å²) in [7, 11) is 1.49. The zero-order valence-electron chi connectivity index (χ0n) is 18.9. The number of aliphatic carboxylic acids is 1. The van der Waals surface area contributed by atoms with Crippen molar-refractivity contribution in [2.24, 2.45) is 17.3 Å². The van der Waals surface area contributed by atoms with Gasteiger partial charge in [-0.15, -0.1) is 0 Å². The Kier molecular flexibility index (Phi) is 8.67. The minimum absolute atomic E-state index is 0.0175. The summed E-state index contributed by atoms with van der Waals surface area (Å²) in [5.41, 5.74) is 0.337. The lowest BCUT2D eigenvalue weighted by Crippen LogP contribution is -2.47. The molecule has 3 rings (SSSR count). The van der Waals surface area contributed by atoms with Gasteiger partial charge in [-0.3, -0.25) is 14.4 Å². The standard InChI is InChI=1S/C25H35NO6/c1-31-17-20(22(27)28)15-25(13-5-6-14-25)24(30)26-21-11-9-19(10-12-21)23(29)32-16-18-7-3-2-4-8-18/h2-4,7-8,19-21H,5-6,9-17H2,1H3,(H,26,30)(H,27,28). The predicted molar refractivity (Wildman–Crippen MR) is 119 cm³/mol. The second-order valence-corrected chi connectivity index (χ2v) is 9.30. The Hall–Kier alpha value is -2.41. The number of esters is 1. The molecule has 1 aromatic carbocycles. The molecule has 1 unspecified atom stereocenters. The summed E-state index contributed by atoms with van der Waals surface area (Å²) in [5.74, 6) is -1.94. The van der Waals surface area contributed by atoms with Crippen LogP contribution >= 0.6 is 0 Å². The second kappa shape index (κ2) is 11.5. The molecule has 2 aliphatic rings. The number of nitrogens with one attached hydrogen (secondary N) is 1. The molecular weight excluding hydrogens is 410 g/mol. The van der Waals surface area contributed by atoms with E-state index in [1.165, 1.54) is 7.11 Å². The smallest absolute Gasteiger partial charge is 0.309 e. The van der Waals surface area contributed by atoms with E-state index in [4.69, 9.17) is 9.47 Å². The number of carboxylic acids is 1. The molecule has 2 aliphatic carbocycles. The largest absolute Gasteiger partial charge is 0.481 e. The molecule has 32 heavy (non-hydrogen) atoms. The zero-order chi connectivity index (χ0) is 23.0. The molecule has 1 atom stereocenters. The molecule has 2 fully saturated rings.